The first-order valence-corrected chi connectivity index (χ1v) is 11.0. The molecule has 0 bridgehead atoms. The Bertz CT molecular complexity index is 934. The fourth-order valence-electron chi connectivity index (χ4n) is 3.41. The zero-order valence-corrected chi connectivity index (χ0v) is 19.6. The molecule has 0 radical (unpaired) electrons. The highest BCUT2D eigenvalue weighted by Crippen LogP contribution is 2.26. The van der Waals surface area contributed by atoms with Crippen LogP contribution in [0.5, 0.6) is 0 Å². The summed E-state index contributed by atoms with van der Waals surface area (Å²) >= 11 is 12.0. The van der Waals surface area contributed by atoms with Gasteiger partial charge in [0.1, 0.15) is 0 Å². The number of benzene rings is 2. The predicted molar refractivity (Wildman–Crippen MR) is 128 cm³/mol. The predicted octanol–water partition coefficient (Wildman–Crippen LogP) is 5.72. The van der Waals surface area contributed by atoms with Crippen molar-refractivity contribution in [3.05, 3.63) is 52.5 Å². The summed E-state index contributed by atoms with van der Waals surface area (Å²) in [5.41, 5.74) is 2.22. The molecule has 1 fully saturated rings. The first-order chi connectivity index (χ1) is 14.6. The number of hydrogen-bond donors (Lipinski definition) is 2. The molecule has 0 aromatic heterocycles. The molecule has 2 aromatic rings. The molecule has 166 valence electrons. The highest BCUT2D eigenvalue weighted by Gasteiger charge is 2.25. The molecule has 3 amide bonds. The molecule has 1 heterocycles. The van der Waals surface area contributed by atoms with Crippen molar-refractivity contribution in [2.45, 2.75) is 27.2 Å². The number of urea groups is 1. The van der Waals surface area contributed by atoms with Crippen LogP contribution in [0.4, 0.5) is 21.9 Å². The molecule has 0 aliphatic carbocycles. The first-order valence-electron chi connectivity index (χ1n) is 10.3. The van der Waals surface area contributed by atoms with E-state index in [4.69, 9.17) is 23.2 Å². The molecule has 2 aromatic carbocycles. The molecule has 1 saturated heterocycles. The number of nitrogens with one attached hydrogen (secondary N) is 2. The third-order valence-electron chi connectivity index (χ3n) is 4.98. The van der Waals surface area contributed by atoms with Crippen LogP contribution in [0.1, 0.15) is 27.2 Å². The lowest BCUT2D eigenvalue weighted by molar-refractivity contribution is -0.133. The number of hydrogen-bond acceptors (Lipinski definition) is 3. The summed E-state index contributed by atoms with van der Waals surface area (Å²) in [6, 6.07) is 12.2. The molecule has 6 nitrogen and oxygen atoms in total. The maximum Gasteiger partial charge on any atom is 0.323 e. The van der Waals surface area contributed by atoms with Gasteiger partial charge < -0.3 is 20.4 Å². The van der Waals surface area contributed by atoms with E-state index in [1.807, 2.05) is 29.2 Å². The number of carbonyl (C=O) groups is 2. The number of amides is 3. The van der Waals surface area contributed by atoms with Crippen molar-refractivity contribution < 1.29 is 9.59 Å². The second kappa shape index (κ2) is 9.79. The Kier molecular flexibility index (Phi) is 7.34. The summed E-state index contributed by atoms with van der Waals surface area (Å²) in [6.07, 6.45) is 0.566. The van der Waals surface area contributed by atoms with Crippen molar-refractivity contribution >= 4 is 52.2 Å². The maximum atomic E-state index is 12.4. The summed E-state index contributed by atoms with van der Waals surface area (Å²) in [5, 5.41) is 6.38. The van der Waals surface area contributed by atoms with Gasteiger partial charge in [0.2, 0.25) is 5.91 Å². The number of rotatable bonds is 4. The zero-order valence-electron chi connectivity index (χ0n) is 18.0. The smallest absolute Gasteiger partial charge is 0.323 e. The van der Waals surface area contributed by atoms with E-state index in [-0.39, 0.29) is 17.4 Å². The van der Waals surface area contributed by atoms with E-state index in [9.17, 15) is 9.59 Å². The van der Waals surface area contributed by atoms with Gasteiger partial charge >= 0.3 is 6.03 Å². The van der Waals surface area contributed by atoms with Crippen LogP contribution in [0.25, 0.3) is 0 Å². The van der Waals surface area contributed by atoms with Crippen molar-refractivity contribution in [3.63, 3.8) is 0 Å². The van der Waals surface area contributed by atoms with Crippen molar-refractivity contribution in [3.8, 4) is 0 Å². The number of anilines is 3. The van der Waals surface area contributed by atoms with Crippen molar-refractivity contribution in [1.82, 2.24) is 4.90 Å². The molecule has 1 aliphatic rings. The molecule has 0 atom stereocenters. The standard InChI is InChI=1S/C23H28Cl2N4O2/c1-23(2,3)15-21(30)29-12-10-28(11-13-29)18-7-5-17(6-8-18)26-22(31)27-20-9-4-16(24)14-19(20)25/h4-9,14H,10-13,15H2,1-3H3,(H2,26,27,31). The Morgan fingerprint density at radius 2 is 1.58 bits per heavy atom. The lowest BCUT2D eigenvalue weighted by Crippen LogP contribution is -2.49. The van der Waals surface area contributed by atoms with E-state index in [0.29, 0.717) is 27.8 Å². The molecule has 3 rings (SSSR count). The Labute approximate surface area is 193 Å². The van der Waals surface area contributed by atoms with Crippen LogP contribution < -0.4 is 15.5 Å². The SMILES string of the molecule is CC(C)(C)CC(=O)N1CCN(c2ccc(NC(=O)Nc3ccc(Cl)cc3Cl)cc2)CC1. The first kappa shape index (κ1) is 23.2. The number of halogens is 2. The average Bonchev–Trinajstić information content (AvgIpc) is 2.69. The van der Waals surface area contributed by atoms with E-state index < -0.39 is 0 Å². The zero-order chi connectivity index (χ0) is 22.6. The van der Waals surface area contributed by atoms with Gasteiger partial charge in [0, 0.05) is 49.0 Å². The molecular weight excluding hydrogens is 435 g/mol. The Hall–Kier alpha value is -2.44. The van der Waals surface area contributed by atoms with E-state index in [1.165, 1.54) is 0 Å². The van der Waals surface area contributed by atoms with E-state index in [1.54, 1.807) is 18.2 Å². The van der Waals surface area contributed by atoms with Crippen LogP contribution in [-0.2, 0) is 4.79 Å². The third kappa shape index (κ3) is 6.77. The summed E-state index contributed by atoms with van der Waals surface area (Å²) in [7, 11) is 0. The molecule has 8 heteroatoms. The van der Waals surface area contributed by atoms with Gasteiger partial charge in [-0.15, -0.1) is 0 Å². The topological polar surface area (TPSA) is 64.7 Å². The number of carbonyl (C=O) groups excluding carboxylic acids is 2. The Morgan fingerprint density at radius 1 is 0.935 bits per heavy atom. The second-order valence-corrected chi connectivity index (χ2v) is 9.70. The van der Waals surface area contributed by atoms with Gasteiger partial charge in [0.25, 0.3) is 0 Å². The van der Waals surface area contributed by atoms with E-state index in [2.05, 4.69) is 36.3 Å². The summed E-state index contributed by atoms with van der Waals surface area (Å²) in [5.74, 6) is 0.221. The summed E-state index contributed by atoms with van der Waals surface area (Å²) < 4.78 is 0. The maximum absolute atomic E-state index is 12.4. The lowest BCUT2D eigenvalue weighted by Gasteiger charge is -2.37. The average molecular weight is 463 g/mol. The van der Waals surface area contributed by atoms with Crippen molar-refractivity contribution in [2.24, 2.45) is 5.41 Å². The monoisotopic (exact) mass is 462 g/mol. The Morgan fingerprint density at radius 3 is 2.16 bits per heavy atom. The quantitative estimate of drug-likeness (QED) is 0.610. The minimum atomic E-state index is -0.386. The minimum Gasteiger partial charge on any atom is -0.368 e. The van der Waals surface area contributed by atoms with Crippen molar-refractivity contribution in [2.75, 3.05) is 41.7 Å². The van der Waals surface area contributed by atoms with Crippen molar-refractivity contribution in [1.29, 1.82) is 0 Å². The molecule has 2 N–H and O–H groups in total. The van der Waals surface area contributed by atoms with Crippen LogP contribution in [0.2, 0.25) is 10.0 Å². The molecular formula is C23H28Cl2N4O2. The van der Waals surface area contributed by atoms with Gasteiger partial charge in [-0.25, -0.2) is 4.79 Å². The molecule has 0 spiro atoms. The van der Waals surface area contributed by atoms with Crippen LogP contribution in [0.15, 0.2) is 42.5 Å². The molecule has 31 heavy (non-hydrogen) atoms. The number of piperazine rings is 1. The molecule has 1 aliphatic heterocycles. The third-order valence-corrected chi connectivity index (χ3v) is 5.53. The normalized spacial score (nSPS) is 14.4. The highest BCUT2D eigenvalue weighted by atomic mass is 35.5. The minimum absolute atomic E-state index is 0.00221. The van der Waals surface area contributed by atoms with Crippen LogP contribution in [0, 0.1) is 5.41 Å². The fraction of sp³-hybridized carbons (Fsp3) is 0.391. The lowest BCUT2D eigenvalue weighted by atomic mass is 9.91. The summed E-state index contributed by atoms with van der Waals surface area (Å²) in [6.45, 7) is 9.28. The van der Waals surface area contributed by atoms with Crippen LogP contribution >= 0.6 is 23.2 Å². The van der Waals surface area contributed by atoms with Gasteiger partial charge in [0.05, 0.1) is 10.7 Å². The van der Waals surface area contributed by atoms with Gasteiger partial charge in [-0.05, 0) is 47.9 Å². The largest absolute Gasteiger partial charge is 0.368 e. The molecule has 0 unspecified atom stereocenters. The van der Waals surface area contributed by atoms with Gasteiger partial charge in [0.15, 0.2) is 0 Å². The Balaban J connectivity index is 1.51. The highest BCUT2D eigenvalue weighted by molar-refractivity contribution is 6.36. The number of nitrogens with zero attached hydrogens (tertiary/aromatic N) is 2. The van der Waals surface area contributed by atoms with Crippen LogP contribution in [0.3, 0.4) is 0 Å². The van der Waals surface area contributed by atoms with Crippen LogP contribution in [-0.4, -0.2) is 43.0 Å². The fourth-order valence-corrected chi connectivity index (χ4v) is 3.87. The van der Waals surface area contributed by atoms with E-state index in [0.717, 1.165) is 31.9 Å². The van der Waals surface area contributed by atoms with Gasteiger partial charge in [-0.2, -0.15) is 0 Å². The molecule has 0 saturated carbocycles. The van der Waals surface area contributed by atoms with E-state index >= 15 is 0 Å². The van der Waals surface area contributed by atoms with Gasteiger partial charge in [-0.1, -0.05) is 44.0 Å². The summed E-state index contributed by atoms with van der Waals surface area (Å²) in [4.78, 5) is 28.9. The van der Waals surface area contributed by atoms with Gasteiger partial charge in [-0.3, -0.25) is 4.79 Å². The second-order valence-electron chi connectivity index (χ2n) is 8.86.